The Balaban J connectivity index is 2.02. The first kappa shape index (κ1) is 15.3. The molecule has 0 bridgehead atoms. The summed E-state index contributed by atoms with van der Waals surface area (Å²) in [5.41, 5.74) is 1.32. The molecule has 1 unspecified atom stereocenters. The van der Waals surface area contributed by atoms with Crippen molar-refractivity contribution in [2.75, 3.05) is 31.6 Å². The van der Waals surface area contributed by atoms with Gasteiger partial charge in [0.2, 0.25) is 0 Å². The molecule has 1 aliphatic rings. The quantitative estimate of drug-likeness (QED) is 0.770. The van der Waals surface area contributed by atoms with Crippen LogP contribution in [-0.4, -0.2) is 59.5 Å². The summed E-state index contributed by atoms with van der Waals surface area (Å²) in [6, 6.07) is 4.34. The summed E-state index contributed by atoms with van der Waals surface area (Å²) < 4.78 is 5.28. The van der Waals surface area contributed by atoms with Crippen LogP contribution in [0.15, 0.2) is 18.2 Å². The number of morpholine rings is 1. The summed E-state index contributed by atoms with van der Waals surface area (Å²) in [6.07, 6.45) is -0.361. The summed E-state index contributed by atoms with van der Waals surface area (Å²) in [7, 11) is 0. The smallest absolute Gasteiger partial charge is 0.335 e. The lowest BCUT2D eigenvalue weighted by Gasteiger charge is -2.32. The number of aromatic carboxylic acids is 1. The molecule has 2 amide bonds. The van der Waals surface area contributed by atoms with Crippen LogP contribution < -0.4 is 5.32 Å². The maximum absolute atomic E-state index is 12.1. The molecule has 1 heterocycles. The van der Waals surface area contributed by atoms with Gasteiger partial charge in [0.25, 0.3) is 0 Å². The predicted molar refractivity (Wildman–Crippen MR) is 75.6 cm³/mol. The van der Waals surface area contributed by atoms with E-state index in [4.69, 9.17) is 14.9 Å². The first-order valence-corrected chi connectivity index (χ1v) is 6.63. The Kier molecular flexibility index (Phi) is 4.77. The van der Waals surface area contributed by atoms with E-state index in [1.54, 1.807) is 24.0 Å². The number of aryl methyl sites for hydroxylation is 1. The van der Waals surface area contributed by atoms with E-state index in [2.05, 4.69) is 5.32 Å². The largest absolute Gasteiger partial charge is 0.478 e. The number of rotatable bonds is 3. The SMILES string of the molecule is Cc1cc(NC(=O)N2CCOC(CO)C2)ccc1C(=O)O. The molecule has 3 N–H and O–H groups in total. The van der Waals surface area contributed by atoms with E-state index in [0.717, 1.165) is 0 Å². The van der Waals surface area contributed by atoms with E-state index < -0.39 is 5.97 Å². The van der Waals surface area contributed by atoms with Crippen molar-refractivity contribution in [1.29, 1.82) is 0 Å². The van der Waals surface area contributed by atoms with Crippen LogP contribution >= 0.6 is 0 Å². The Hall–Kier alpha value is -2.12. The van der Waals surface area contributed by atoms with Gasteiger partial charge in [-0.05, 0) is 30.7 Å². The highest BCUT2D eigenvalue weighted by molar-refractivity contribution is 5.92. The highest BCUT2D eigenvalue weighted by Gasteiger charge is 2.23. The summed E-state index contributed by atoms with van der Waals surface area (Å²) in [4.78, 5) is 24.6. The van der Waals surface area contributed by atoms with Crippen LogP contribution in [0.5, 0.6) is 0 Å². The van der Waals surface area contributed by atoms with Gasteiger partial charge < -0.3 is 25.2 Å². The molecule has 2 rings (SSSR count). The van der Waals surface area contributed by atoms with Crippen LogP contribution in [0.3, 0.4) is 0 Å². The van der Waals surface area contributed by atoms with E-state index in [0.29, 0.717) is 30.9 Å². The number of amides is 2. The summed E-state index contributed by atoms with van der Waals surface area (Å²) in [5.74, 6) is -0.996. The third-order valence-electron chi connectivity index (χ3n) is 3.34. The Labute approximate surface area is 122 Å². The second-order valence-electron chi connectivity index (χ2n) is 4.89. The minimum absolute atomic E-state index is 0.129. The van der Waals surface area contributed by atoms with Gasteiger partial charge in [0, 0.05) is 12.2 Å². The molecule has 1 aromatic rings. The minimum atomic E-state index is -0.996. The van der Waals surface area contributed by atoms with Gasteiger partial charge in [0.05, 0.1) is 31.4 Å². The van der Waals surface area contributed by atoms with E-state index in [-0.39, 0.29) is 24.3 Å². The molecule has 1 aromatic carbocycles. The Morgan fingerprint density at radius 1 is 1.48 bits per heavy atom. The summed E-state index contributed by atoms with van der Waals surface area (Å²) >= 11 is 0. The van der Waals surface area contributed by atoms with Gasteiger partial charge in [-0.1, -0.05) is 0 Å². The number of carboxylic acids is 1. The van der Waals surface area contributed by atoms with Crippen molar-refractivity contribution < 1.29 is 24.5 Å². The average Bonchev–Trinajstić information content (AvgIpc) is 2.47. The number of carbonyl (C=O) groups excluding carboxylic acids is 1. The van der Waals surface area contributed by atoms with E-state index in [1.807, 2.05) is 0 Å². The van der Waals surface area contributed by atoms with Crippen LogP contribution in [0.1, 0.15) is 15.9 Å². The van der Waals surface area contributed by atoms with Gasteiger partial charge in [-0.15, -0.1) is 0 Å². The number of hydrogen-bond acceptors (Lipinski definition) is 4. The third kappa shape index (κ3) is 3.71. The Morgan fingerprint density at radius 2 is 2.24 bits per heavy atom. The molecule has 0 spiro atoms. The van der Waals surface area contributed by atoms with Crippen LogP contribution in [0, 0.1) is 6.92 Å². The standard InChI is InChI=1S/C14H18N2O5/c1-9-6-10(2-3-12(9)13(18)19)15-14(20)16-4-5-21-11(7-16)8-17/h2-3,6,11,17H,4-5,7-8H2,1H3,(H,15,20)(H,18,19). The van der Waals surface area contributed by atoms with E-state index in [1.165, 1.54) is 6.07 Å². The molecule has 1 fully saturated rings. The van der Waals surface area contributed by atoms with Gasteiger partial charge >= 0.3 is 12.0 Å². The molecular formula is C14H18N2O5. The topological polar surface area (TPSA) is 99.1 Å². The van der Waals surface area contributed by atoms with Crippen LogP contribution in [-0.2, 0) is 4.74 Å². The summed E-state index contributed by atoms with van der Waals surface area (Å²) in [5, 5.41) is 20.7. The molecule has 7 heteroatoms. The molecule has 0 radical (unpaired) electrons. The number of aliphatic hydroxyl groups excluding tert-OH is 1. The number of ether oxygens (including phenoxy) is 1. The van der Waals surface area contributed by atoms with Gasteiger partial charge in [0.1, 0.15) is 0 Å². The van der Waals surface area contributed by atoms with E-state index >= 15 is 0 Å². The number of benzene rings is 1. The first-order valence-electron chi connectivity index (χ1n) is 6.63. The second kappa shape index (κ2) is 6.55. The lowest BCUT2D eigenvalue weighted by atomic mass is 10.1. The Bertz CT molecular complexity index is 546. The number of carbonyl (C=O) groups is 2. The molecule has 1 saturated heterocycles. The molecule has 1 aliphatic heterocycles. The van der Waals surface area contributed by atoms with Gasteiger partial charge in [0.15, 0.2) is 0 Å². The first-order chi connectivity index (χ1) is 10.0. The van der Waals surface area contributed by atoms with Crippen LogP contribution in [0.25, 0.3) is 0 Å². The monoisotopic (exact) mass is 294 g/mol. The second-order valence-corrected chi connectivity index (χ2v) is 4.89. The molecule has 0 aliphatic carbocycles. The third-order valence-corrected chi connectivity index (χ3v) is 3.34. The highest BCUT2D eigenvalue weighted by atomic mass is 16.5. The summed E-state index contributed by atoms with van der Waals surface area (Å²) in [6.45, 7) is 2.71. The Morgan fingerprint density at radius 3 is 2.86 bits per heavy atom. The van der Waals surface area contributed by atoms with Gasteiger partial charge in [-0.2, -0.15) is 0 Å². The molecule has 7 nitrogen and oxygen atoms in total. The number of hydrogen-bond donors (Lipinski definition) is 3. The zero-order chi connectivity index (χ0) is 15.4. The molecule has 1 atom stereocenters. The number of nitrogens with one attached hydrogen (secondary N) is 1. The zero-order valence-electron chi connectivity index (χ0n) is 11.7. The van der Waals surface area contributed by atoms with Crippen molar-refractivity contribution in [2.45, 2.75) is 13.0 Å². The zero-order valence-corrected chi connectivity index (χ0v) is 11.7. The average molecular weight is 294 g/mol. The van der Waals surface area contributed by atoms with Crippen molar-refractivity contribution in [3.8, 4) is 0 Å². The number of carboxylic acid groups (broad SMARTS) is 1. The van der Waals surface area contributed by atoms with Crippen molar-refractivity contribution in [1.82, 2.24) is 4.90 Å². The van der Waals surface area contributed by atoms with E-state index in [9.17, 15) is 9.59 Å². The van der Waals surface area contributed by atoms with Crippen LogP contribution in [0.2, 0.25) is 0 Å². The van der Waals surface area contributed by atoms with Crippen molar-refractivity contribution in [2.24, 2.45) is 0 Å². The van der Waals surface area contributed by atoms with Crippen molar-refractivity contribution >= 4 is 17.7 Å². The fraction of sp³-hybridized carbons (Fsp3) is 0.429. The number of urea groups is 1. The predicted octanol–water partition coefficient (Wildman–Crippen LogP) is 0.918. The van der Waals surface area contributed by atoms with Crippen molar-refractivity contribution in [3.63, 3.8) is 0 Å². The lowest BCUT2D eigenvalue weighted by molar-refractivity contribution is -0.0388. The normalized spacial score (nSPS) is 18.4. The fourth-order valence-corrected chi connectivity index (χ4v) is 2.20. The number of nitrogens with zero attached hydrogens (tertiary/aromatic N) is 1. The number of aliphatic hydroxyl groups is 1. The molecule has 0 saturated carbocycles. The minimum Gasteiger partial charge on any atom is -0.478 e. The maximum Gasteiger partial charge on any atom is 0.335 e. The molecular weight excluding hydrogens is 276 g/mol. The maximum atomic E-state index is 12.1. The highest BCUT2D eigenvalue weighted by Crippen LogP contribution is 2.16. The van der Waals surface area contributed by atoms with Crippen molar-refractivity contribution in [3.05, 3.63) is 29.3 Å². The lowest BCUT2D eigenvalue weighted by Crippen LogP contribution is -2.48. The molecule has 0 aromatic heterocycles. The van der Waals surface area contributed by atoms with Gasteiger partial charge in [-0.25, -0.2) is 9.59 Å². The van der Waals surface area contributed by atoms with Gasteiger partial charge in [-0.3, -0.25) is 0 Å². The number of anilines is 1. The molecule has 114 valence electrons. The van der Waals surface area contributed by atoms with Crippen LogP contribution in [0.4, 0.5) is 10.5 Å². The molecule has 21 heavy (non-hydrogen) atoms. The fourth-order valence-electron chi connectivity index (χ4n) is 2.20.